The predicted octanol–water partition coefficient (Wildman–Crippen LogP) is -2.58. The van der Waals surface area contributed by atoms with Gasteiger partial charge in [-0.15, -0.1) is 0 Å². The van der Waals surface area contributed by atoms with Crippen molar-refractivity contribution in [2.45, 2.75) is 24.6 Å². The molecular formula is C5H10O5. The molecule has 0 amide bonds. The Kier molecular flexibility index (Phi) is 2.22. The first-order valence-corrected chi connectivity index (χ1v) is 2.97. The molecule has 0 bridgehead atoms. The maximum absolute atomic E-state index is 8.93. The zero-order chi connectivity index (χ0) is 7.72. The molecule has 1 aliphatic heterocycles. The van der Waals surface area contributed by atoms with Crippen LogP contribution in [-0.4, -0.2) is 51.6 Å². The fraction of sp³-hybridized carbons (Fsp3) is 1.00. The van der Waals surface area contributed by atoms with Crippen molar-refractivity contribution < 1.29 is 25.2 Å². The van der Waals surface area contributed by atoms with Crippen LogP contribution >= 0.6 is 0 Å². The van der Waals surface area contributed by atoms with E-state index in [1.807, 2.05) is 0 Å². The molecule has 0 radical (unpaired) electrons. The Morgan fingerprint density at radius 2 is 1.70 bits per heavy atom. The third-order valence-corrected chi connectivity index (χ3v) is 1.52. The first-order valence-electron chi connectivity index (χ1n) is 2.97. The molecule has 5 heteroatoms. The van der Waals surface area contributed by atoms with Gasteiger partial charge in [-0.2, -0.15) is 0 Å². The molecule has 10 heavy (non-hydrogen) atoms. The van der Waals surface area contributed by atoms with E-state index in [1.54, 1.807) is 0 Å². The molecule has 0 saturated carbocycles. The SMILES string of the molecule is OC[C@@H]1O[C@H](O)C(O)C1O. The topological polar surface area (TPSA) is 90.2 Å². The smallest absolute Gasteiger partial charge is 0.184 e. The van der Waals surface area contributed by atoms with Crippen LogP contribution < -0.4 is 0 Å². The molecule has 1 fully saturated rings. The Balaban J connectivity index is 2.53. The molecule has 2 unspecified atom stereocenters. The summed E-state index contributed by atoms with van der Waals surface area (Å²) in [5, 5.41) is 35.0. The first-order chi connectivity index (χ1) is 4.66. The van der Waals surface area contributed by atoms with Crippen molar-refractivity contribution in [1.82, 2.24) is 0 Å². The average Bonchev–Trinajstić information content (AvgIpc) is 2.17. The number of hydrogen-bond donors (Lipinski definition) is 4. The van der Waals surface area contributed by atoms with Gasteiger partial charge in [0.15, 0.2) is 6.29 Å². The van der Waals surface area contributed by atoms with E-state index in [-0.39, 0.29) is 0 Å². The summed E-state index contributed by atoms with van der Waals surface area (Å²) in [5.74, 6) is 0. The number of rotatable bonds is 1. The fourth-order valence-corrected chi connectivity index (χ4v) is 0.880. The third kappa shape index (κ3) is 1.14. The second-order valence-corrected chi connectivity index (χ2v) is 2.23. The van der Waals surface area contributed by atoms with Gasteiger partial charge < -0.3 is 25.2 Å². The normalized spacial score (nSPS) is 48.0. The zero-order valence-corrected chi connectivity index (χ0v) is 5.21. The van der Waals surface area contributed by atoms with Crippen LogP contribution in [0.3, 0.4) is 0 Å². The van der Waals surface area contributed by atoms with E-state index in [2.05, 4.69) is 4.74 Å². The highest BCUT2D eigenvalue weighted by Gasteiger charge is 2.41. The molecule has 0 aromatic heterocycles. The van der Waals surface area contributed by atoms with Gasteiger partial charge in [0.25, 0.3) is 0 Å². The monoisotopic (exact) mass is 150 g/mol. The summed E-state index contributed by atoms with van der Waals surface area (Å²) in [6.07, 6.45) is -4.76. The molecule has 0 spiro atoms. The van der Waals surface area contributed by atoms with Gasteiger partial charge in [0.2, 0.25) is 0 Å². The zero-order valence-electron chi connectivity index (χ0n) is 5.21. The largest absolute Gasteiger partial charge is 0.394 e. The molecule has 0 aliphatic carbocycles. The third-order valence-electron chi connectivity index (χ3n) is 1.52. The Labute approximate surface area is 57.5 Å². The van der Waals surface area contributed by atoms with Gasteiger partial charge >= 0.3 is 0 Å². The van der Waals surface area contributed by atoms with Crippen molar-refractivity contribution in [1.29, 1.82) is 0 Å². The van der Waals surface area contributed by atoms with Gasteiger partial charge in [0.05, 0.1) is 6.61 Å². The first kappa shape index (κ1) is 7.90. The molecule has 0 aromatic carbocycles. The number of ether oxygens (including phenoxy) is 1. The quantitative estimate of drug-likeness (QED) is 0.329. The summed E-state index contributed by atoms with van der Waals surface area (Å²) in [6.45, 7) is -0.407. The van der Waals surface area contributed by atoms with Gasteiger partial charge in [0, 0.05) is 0 Å². The molecule has 1 rings (SSSR count). The lowest BCUT2D eigenvalue weighted by atomic mass is 10.1. The number of aliphatic hydroxyl groups is 4. The van der Waals surface area contributed by atoms with Gasteiger partial charge in [-0.3, -0.25) is 0 Å². The van der Waals surface area contributed by atoms with Crippen LogP contribution in [0, 0.1) is 0 Å². The van der Waals surface area contributed by atoms with Crippen molar-refractivity contribution in [2.75, 3.05) is 6.61 Å². The van der Waals surface area contributed by atoms with E-state index in [4.69, 9.17) is 20.4 Å². The second kappa shape index (κ2) is 2.81. The Morgan fingerprint density at radius 3 is 1.90 bits per heavy atom. The Bertz CT molecular complexity index is 117. The highest BCUT2D eigenvalue weighted by atomic mass is 16.6. The van der Waals surface area contributed by atoms with E-state index in [9.17, 15) is 0 Å². The fourth-order valence-electron chi connectivity index (χ4n) is 0.880. The second-order valence-electron chi connectivity index (χ2n) is 2.23. The lowest BCUT2D eigenvalue weighted by Gasteiger charge is -2.09. The molecule has 60 valence electrons. The molecule has 4 atom stereocenters. The summed E-state index contributed by atoms with van der Waals surface area (Å²) in [7, 11) is 0. The van der Waals surface area contributed by atoms with Crippen LogP contribution in [0.15, 0.2) is 0 Å². The summed E-state index contributed by atoms with van der Waals surface area (Å²) >= 11 is 0. The lowest BCUT2D eigenvalue weighted by molar-refractivity contribution is -0.132. The van der Waals surface area contributed by atoms with E-state index >= 15 is 0 Å². The van der Waals surface area contributed by atoms with Crippen molar-refractivity contribution in [3.05, 3.63) is 0 Å². The molecular weight excluding hydrogens is 140 g/mol. The van der Waals surface area contributed by atoms with E-state index in [0.29, 0.717) is 0 Å². The van der Waals surface area contributed by atoms with Crippen molar-refractivity contribution in [3.63, 3.8) is 0 Å². The van der Waals surface area contributed by atoms with E-state index in [1.165, 1.54) is 0 Å². The minimum absolute atomic E-state index is 0.407. The van der Waals surface area contributed by atoms with Gasteiger partial charge in [-0.25, -0.2) is 0 Å². The molecule has 0 aromatic rings. The van der Waals surface area contributed by atoms with Crippen LogP contribution in [0.1, 0.15) is 0 Å². The summed E-state index contributed by atoms with van der Waals surface area (Å²) in [6, 6.07) is 0. The summed E-state index contributed by atoms with van der Waals surface area (Å²) < 4.78 is 4.54. The minimum Gasteiger partial charge on any atom is -0.394 e. The van der Waals surface area contributed by atoms with E-state index in [0.717, 1.165) is 0 Å². The predicted molar refractivity (Wildman–Crippen MR) is 30.0 cm³/mol. The molecule has 1 saturated heterocycles. The minimum atomic E-state index is -1.38. The molecule has 4 N–H and O–H groups in total. The Morgan fingerprint density at radius 1 is 1.10 bits per heavy atom. The van der Waals surface area contributed by atoms with Crippen LogP contribution in [0.5, 0.6) is 0 Å². The summed E-state index contributed by atoms with van der Waals surface area (Å²) in [4.78, 5) is 0. The van der Waals surface area contributed by atoms with Crippen LogP contribution in [0.2, 0.25) is 0 Å². The Hall–Kier alpha value is -0.200. The standard InChI is InChI=1S/C5H10O5/c6-1-2-3(7)4(8)5(9)10-2/h2-9H,1H2/t2-,3?,4?,5-/m0/s1. The maximum Gasteiger partial charge on any atom is 0.184 e. The molecule has 1 aliphatic rings. The van der Waals surface area contributed by atoms with Crippen LogP contribution in [0.25, 0.3) is 0 Å². The van der Waals surface area contributed by atoms with Crippen LogP contribution in [-0.2, 0) is 4.74 Å². The molecule has 5 nitrogen and oxygen atoms in total. The molecule has 1 heterocycles. The van der Waals surface area contributed by atoms with Crippen LogP contribution in [0.4, 0.5) is 0 Å². The number of hydrogen-bond acceptors (Lipinski definition) is 5. The highest BCUT2D eigenvalue weighted by molar-refractivity contribution is 4.84. The highest BCUT2D eigenvalue weighted by Crippen LogP contribution is 2.18. The van der Waals surface area contributed by atoms with Crippen molar-refractivity contribution in [2.24, 2.45) is 0 Å². The lowest BCUT2D eigenvalue weighted by Crippen LogP contribution is -2.33. The number of aliphatic hydroxyl groups excluding tert-OH is 4. The van der Waals surface area contributed by atoms with Crippen molar-refractivity contribution in [3.8, 4) is 0 Å². The average molecular weight is 150 g/mol. The van der Waals surface area contributed by atoms with Gasteiger partial charge in [-0.05, 0) is 0 Å². The van der Waals surface area contributed by atoms with Crippen molar-refractivity contribution >= 4 is 0 Å². The van der Waals surface area contributed by atoms with E-state index < -0.39 is 31.2 Å². The van der Waals surface area contributed by atoms with Gasteiger partial charge in [-0.1, -0.05) is 0 Å². The maximum atomic E-state index is 8.93. The summed E-state index contributed by atoms with van der Waals surface area (Å²) in [5.41, 5.74) is 0. The van der Waals surface area contributed by atoms with Gasteiger partial charge in [0.1, 0.15) is 18.3 Å².